The SMILES string of the molecule is Cn1c(=O)nc2oc3cccc(Cl)c3cc-2c1=O. The molecule has 0 fully saturated rings. The van der Waals surface area contributed by atoms with Crippen molar-refractivity contribution in [2.75, 3.05) is 0 Å². The van der Waals surface area contributed by atoms with Crippen LogP contribution < -0.4 is 11.2 Å². The smallest absolute Gasteiger partial charge is 0.353 e. The largest absolute Gasteiger partial charge is 0.437 e. The van der Waals surface area contributed by atoms with Crippen molar-refractivity contribution >= 4 is 22.6 Å². The van der Waals surface area contributed by atoms with Crippen molar-refractivity contribution in [2.45, 2.75) is 0 Å². The Kier molecular flexibility index (Phi) is 2.24. The summed E-state index contributed by atoms with van der Waals surface area (Å²) in [7, 11) is 1.37. The van der Waals surface area contributed by atoms with Gasteiger partial charge in [-0.05, 0) is 18.2 Å². The minimum absolute atomic E-state index is 0.0258. The summed E-state index contributed by atoms with van der Waals surface area (Å²) in [4.78, 5) is 27.1. The fourth-order valence-electron chi connectivity index (χ4n) is 1.78. The molecule has 2 heterocycles. The van der Waals surface area contributed by atoms with Gasteiger partial charge in [-0.25, -0.2) is 4.79 Å². The zero-order chi connectivity index (χ0) is 12.9. The molecule has 3 rings (SSSR count). The van der Waals surface area contributed by atoms with E-state index in [-0.39, 0.29) is 11.5 Å². The second-order valence-electron chi connectivity index (χ2n) is 3.88. The molecule has 90 valence electrons. The van der Waals surface area contributed by atoms with Crippen molar-refractivity contribution in [3.63, 3.8) is 0 Å². The molecular formula is C12H7ClN2O3. The quantitative estimate of drug-likeness (QED) is 0.578. The zero-order valence-electron chi connectivity index (χ0n) is 9.31. The molecular weight excluding hydrogens is 256 g/mol. The number of aromatic nitrogens is 2. The Morgan fingerprint density at radius 3 is 2.89 bits per heavy atom. The van der Waals surface area contributed by atoms with Crippen LogP contribution in [0.3, 0.4) is 0 Å². The molecule has 2 aliphatic heterocycles. The predicted molar refractivity (Wildman–Crippen MR) is 67.2 cm³/mol. The highest BCUT2D eigenvalue weighted by Gasteiger charge is 2.16. The van der Waals surface area contributed by atoms with Crippen molar-refractivity contribution in [1.82, 2.24) is 9.55 Å². The number of fused-ring (bicyclic) bond motifs is 2. The minimum atomic E-state index is -0.641. The lowest BCUT2D eigenvalue weighted by atomic mass is 10.1. The maximum Gasteiger partial charge on any atom is 0.353 e. The molecule has 0 radical (unpaired) electrons. The first kappa shape index (κ1) is 11.0. The third-order valence-corrected chi connectivity index (χ3v) is 3.09. The standard InChI is InChI=1S/C12H7ClN2O3/c1-15-11(16)7-5-6-8(13)3-2-4-9(6)18-10(7)14-12(15)17/h2-5H,1H3. The Morgan fingerprint density at radius 1 is 1.33 bits per heavy atom. The second-order valence-corrected chi connectivity index (χ2v) is 4.28. The van der Waals surface area contributed by atoms with E-state index < -0.39 is 11.2 Å². The molecule has 0 N–H and O–H groups in total. The molecule has 0 saturated heterocycles. The van der Waals surface area contributed by atoms with Crippen LogP contribution in [-0.2, 0) is 7.05 Å². The lowest BCUT2D eigenvalue weighted by molar-refractivity contribution is 0.582. The van der Waals surface area contributed by atoms with Crippen molar-refractivity contribution in [1.29, 1.82) is 0 Å². The van der Waals surface area contributed by atoms with Crippen LogP contribution in [-0.4, -0.2) is 9.55 Å². The van der Waals surface area contributed by atoms with Crippen LogP contribution in [0.5, 0.6) is 0 Å². The van der Waals surface area contributed by atoms with Gasteiger partial charge in [0.2, 0.25) is 5.89 Å². The molecule has 18 heavy (non-hydrogen) atoms. The maximum absolute atomic E-state index is 11.9. The molecule has 0 saturated carbocycles. The van der Waals surface area contributed by atoms with E-state index in [1.807, 2.05) is 0 Å². The van der Waals surface area contributed by atoms with E-state index in [2.05, 4.69) is 4.98 Å². The van der Waals surface area contributed by atoms with E-state index in [1.54, 1.807) is 24.3 Å². The summed E-state index contributed by atoms with van der Waals surface area (Å²) in [5.41, 5.74) is -0.374. The summed E-state index contributed by atoms with van der Waals surface area (Å²) in [6.45, 7) is 0. The molecule has 1 aromatic carbocycles. The fraction of sp³-hybridized carbons (Fsp3) is 0.0833. The average molecular weight is 263 g/mol. The first-order valence-corrected chi connectivity index (χ1v) is 5.55. The van der Waals surface area contributed by atoms with E-state index in [0.717, 1.165) is 4.57 Å². The van der Waals surface area contributed by atoms with Gasteiger partial charge in [0.25, 0.3) is 5.56 Å². The number of nitrogens with zero attached hydrogens (tertiary/aromatic N) is 2. The van der Waals surface area contributed by atoms with Crippen LogP contribution in [0.25, 0.3) is 22.4 Å². The van der Waals surface area contributed by atoms with Gasteiger partial charge in [0, 0.05) is 12.4 Å². The predicted octanol–water partition coefficient (Wildman–Crippen LogP) is 1.64. The molecule has 1 aromatic rings. The second kappa shape index (κ2) is 3.68. The lowest BCUT2D eigenvalue weighted by Gasteiger charge is -2.07. The lowest BCUT2D eigenvalue weighted by Crippen LogP contribution is -2.34. The summed E-state index contributed by atoms with van der Waals surface area (Å²) < 4.78 is 6.37. The van der Waals surface area contributed by atoms with E-state index in [0.29, 0.717) is 16.0 Å². The summed E-state index contributed by atoms with van der Waals surface area (Å²) >= 11 is 6.03. The van der Waals surface area contributed by atoms with Crippen molar-refractivity contribution in [2.24, 2.45) is 7.05 Å². The van der Waals surface area contributed by atoms with Crippen LogP contribution in [0.1, 0.15) is 0 Å². The molecule has 0 spiro atoms. The Balaban J connectivity index is 2.59. The topological polar surface area (TPSA) is 65.1 Å². The van der Waals surface area contributed by atoms with Gasteiger partial charge in [0.15, 0.2) is 0 Å². The van der Waals surface area contributed by atoms with Gasteiger partial charge in [0.05, 0.1) is 5.02 Å². The Hall–Kier alpha value is -2.14. The number of hydrogen-bond acceptors (Lipinski definition) is 4. The Labute approximate surface area is 106 Å². The molecule has 0 amide bonds. The molecule has 0 bridgehead atoms. The molecule has 0 aromatic heterocycles. The highest BCUT2D eigenvalue weighted by atomic mass is 35.5. The number of rotatable bonds is 0. The number of hydrogen-bond donors (Lipinski definition) is 0. The molecule has 0 aliphatic carbocycles. The Morgan fingerprint density at radius 2 is 2.11 bits per heavy atom. The van der Waals surface area contributed by atoms with Gasteiger partial charge < -0.3 is 4.42 Å². The van der Waals surface area contributed by atoms with E-state index in [4.69, 9.17) is 16.0 Å². The summed E-state index contributed by atoms with van der Waals surface area (Å²) in [5.74, 6) is 0.0258. The monoisotopic (exact) mass is 262 g/mol. The van der Waals surface area contributed by atoms with E-state index in [1.165, 1.54) is 7.05 Å². The Bertz CT molecular complexity index is 850. The van der Waals surface area contributed by atoms with Crippen LogP contribution in [0, 0.1) is 0 Å². The average Bonchev–Trinajstić information content (AvgIpc) is 2.35. The summed E-state index contributed by atoms with van der Waals surface area (Å²) in [6.07, 6.45) is 0. The zero-order valence-corrected chi connectivity index (χ0v) is 10.1. The van der Waals surface area contributed by atoms with Crippen LogP contribution in [0.4, 0.5) is 0 Å². The number of benzene rings is 1. The van der Waals surface area contributed by atoms with Gasteiger partial charge in [-0.1, -0.05) is 17.7 Å². The molecule has 6 heteroatoms. The maximum atomic E-state index is 11.9. The van der Waals surface area contributed by atoms with Gasteiger partial charge >= 0.3 is 5.69 Å². The highest BCUT2D eigenvalue weighted by molar-refractivity contribution is 6.35. The van der Waals surface area contributed by atoms with E-state index >= 15 is 0 Å². The minimum Gasteiger partial charge on any atom is -0.437 e. The summed E-state index contributed by atoms with van der Waals surface area (Å²) in [5, 5.41) is 1.09. The molecule has 5 nitrogen and oxygen atoms in total. The normalized spacial score (nSPS) is 11.2. The summed E-state index contributed by atoms with van der Waals surface area (Å²) in [6, 6.07) is 6.71. The van der Waals surface area contributed by atoms with Crippen molar-refractivity contribution in [3.8, 4) is 11.5 Å². The first-order valence-electron chi connectivity index (χ1n) is 5.17. The van der Waals surface area contributed by atoms with Crippen LogP contribution >= 0.6 is 11.6 Å². The van der Waals surface area contributed by atoms with Crippen molar-refractivity contribution in [3.05, 3.63) is 50.1 Å². The number of halogens is 1. The first-order chi connectivity index (χ1) is 8.58. The third-order valence-electron chi connectivity index (χ3n) is 2.76. The van der Waals surface area contributed by atoms with Gasteiger partial charge in [-0.3, -0.25) is 9.36 Å². The van der Waals surface area contributed by atoms with E-state index in [9.17, 15) is 9.59 Å². The third kappa shape index (κ3) is 1.44. The molecule has 2 aliphatic rings. The van der Waals surface area contributed by atoms with Crippen LogP contribution in [0.2, 0.25) is 5.02 Å². The van der Waals surface area contributed by atoms with Gasteiger partial charge in [-0.15, -0.1) is 0 Å². The van der Waals surface area contributed by atoms with Crippen molar-refractivity contribution < 1.29 is 4.42 Å². The van der Waals surface area contributed by atoms with Crippen LogP contribution in [0.15, 0.2) is 38.3 Å². The molecule has 0 atom stereocenters. The van der Waals surface area contributed by atoms with Gasteiger partial charge in [0.1, 0.15) is 11.1 Å². The van der Waals surface area contributed by atoms with Gasteiger partial charge in [-0.2, -0.15) is 4.98 Å². The molecule has 0 unspecified atom stereocenters. The fourth-order valence-corrected chi connectivity index (χ4v) is 2.00. The highest BCUT2D eigenvalue weighted by Crippen LogP contribution is 2.28.